The summed E-state index contributed by atoms with van der Waals surface area (Å²) in [6.45, 7) is 4.41. The van der Waals surface area contributed by atoms with E-state index in [1.165, 1.54) is 22.5 Å². The maximum absolute atomic E-state index is 11.9. The topological polar surface area (TPSA) is 65.2 Å². The fourth-order valence-corrected chi connectivity index (χ4v) is 3.86. The van der Waals surface area contributed by atoms with E-state index in [0.29, 0.717) is 23.1 Å². The van der Waals surface area contributed by atoms with Crippen molar-refractivity contribution >= 4 is 33.2 Å². The SMILES string of the molecule is CCOC(=O)c1sc2ncc3c(c2c1N)CC[C@@H](C)C3. The van der Waals surface area contributed by atoms with Crippen LogP contribution in [0.15, 0.2) is 6.20 Å². The summed E-state index contributed by atoms with van der Waals surface area (Å²) in [5.41, 5.74) is 9.29. The van der Waals surface area contributed by atoms with Gasteiger partial charge in [-0.2, -0.15) is 0 Å². The van der Waals surface area contributed by atoms with Crippen LogP contribution in [-0.4, -0.2) is 17.6 Å². The number of hydrogen-bond donors (Lipinski definition) is 1. The number of pyridine rings is 1. The lowest BCUT2D eigenvalue weighted by Crippen LogP contribution is -2.12. The highest BCUT2D eigenvalue weighted by Crippen LogP contribution is 2.39. The summed E-state index contributed by atoms with van der Waals surface area (Å²) in [5.74, 6) is 0.345. The number of aromatic nitrogens is 1. The molecule has 0 bridgehead atoms. The van der Waals surface area contributed by atoms with Gasteiger partial charge in [-0.05, 0) is 43.2 Å². The third kappa shape index (κ3) is 2.06. The normalized spacial score (nSPS) is 18.0. The number of fused-ring (bicyclic) bond motifs is 3. The zero-order chi connectivity index (χ0) is 14.3. The molecular formula is C15H18N2O2S. The molecule has 2 heterocycles. The van der Waals surface area contributed by atoms with Crippen molar-refractivity contribution in [3.05, 3.63) is 22.2 Å². The van der Waals surface area contributed by atoms with Gasteiger partial charge in [-0.1, -0.05) is 6.92 Å². The minimum absolute atomic E-state index is 0.342. The van der Waals surface area contributed by atoms with Crippen LogP contribution < -0.4 is 5.73 Å². The first-order valence-corrected chi connectivity index (χ1v) is 7.79. The molecule has 1 aliphatic carbocycles. The summed E-state index contributed by atoms with van der Waals surface area (Å²) in [4.78, 5) is 17.8. The molecule has 0 spiro atoms. The van der Waals surface area contributed by atoms with Crippen molar-refractivity contribution in [1.82, 2.24) is 4.98 Å². The molecule has 0 saturated heterocycles. The fraction of sp³-hybridized carbons (Fsp3) is 0.467. The Balaban J connectivity index is 2.15. The van der Waals surface area contributed by atoms with E-state index >= 15 is 0 Å². The molecule has 2 N–H and O–H groups in total. The molecule has 2 aromatic rings. The predicted octanol–water partition coefficient (Wildman–Crippen LogP) is 3.18. The van der Waals surface area contributed by atoms with Crippen molar-refractivity contribution in [2.45, 2.75) is 33.1 Å². The Morgan fingerprint density at radius 2 is 2.40 bits per heavy atom. The lowest BCUT2D eigenvalue weighted by molar-refractivity contribution is 0.0533. The highest BCUT2D eigenvalue weighted by molar-refractivity contribution is 7.21. The molecule has 0 unspecified atom stereocenters. The fourth-order valence-electron chi connectivity index (χ4n) is 2.87. The summed E-state index contributed by atoms with van der Waals surface area (Å²) in [6.07, 6.45) is 5.16. The van der Waals surface area contributed by atoms with Crippen molar-refractivity contribution < 1.29 is 9.53 Å². The summed E-state index contributed by atoms with van der Waals surface area (Å²) < 4.78 is 5.06. The Morgan fingerprint density at radius 1 is 1.60 bits per heavy atom. The standard InChI is InChI=1S/C15H18N2O2S/c1-3-19-15(18)13-12(16)11-10-5-4-8(2)6-9(10)7-17-14(11)20-13/h7-8H,3-6,16H2,1-2H3/t8-/m1/s1. The molecule has 1 aliphatic rings. The van der Waals surface area contributed by atoms with Crippen LogP contribution in [-0.2, 0) is 17.6 Å². The smallest absolute Gasteiger partial charge is 0.350 e. The van der Waals surface area contributed by atoms with Gasteiger partial charge in [0.05, 0.1) is 12.3 Å². The monoisotopic (exact) mass is 290 g/mol. The lowest BCUT2D eigenvalue weighted by atomic mass is 9.84. The summed E-state index contributed by atoms with van der Waals surface area (Å²) in [6, 6.07) is 0. The zero-order valence-corrected chi connectivity index (χ0v) is 12.5. The molecule has 20 heavy (non-hydrogen) atoms. The predicted molar refractivity (Wildman–Crippen MR) is 81.2 cm³/mol. The van der Waals surface area contributed by atoms with Gasteiger partial charge in [0, 0.05) is 11.6 Å². The molecular weight excluding hydrogens is 272 g/mol. The van der Waals surface area contributed by atoms with Crippen LogP contribution >= 0.6 is 11.3 Å². The second kappa shape index (κ2) is 5.05. The third-order valence-electron chi connectivity index (χ3n) is 3.87. The van der Waals surface area contributed by atoms with Crippen LogP contribution in [0, 0.1) is 5.92 Å². The van der Waals surface area contributed by atoms with Crippen LogP contribution in [0.5, 0.6) is 0 Å². The number of nitrogens with zero attached hydrogens (tertiary/aromatic N) is 1. The molecule has 0 aromatic carbocycles. The number of anilines is 1. The minimum Gasteiger partial charge on any atom is -0.462 e. The third-order valence-corrected chi connectivity index (χ3v) is 4.96. The van der Waals surface area contributed by atoms with Gasteiger partial charge in [-0.3, -0.25) is 0 Å². The Bertz CT molecular complexity index is 678. The Kier molecular flexibility index (Phi) is 3.38. The number of carbonyl (C=O) groups excluding carboxylic acids is 1. The largest absolute Gasteiger partial charge is 0.462 e. The molecule has 3 rings (SSSR count). The quantitative estimate of drug-likeness (QED) is 0.863. The molecule has 0 fully saturated rings. The molecule has 1 atom stereocenters. The summed E-state index contributed by atoms with van der Waals surface area (Å²) in [7, 11) is 0. The first-order chi connectivity index (χ1) is 9.61. The van der Waals surface area contributed by atoms with Gasteiger partial charge in [0.25, 0.3) is 0 Å². The number of thiophene rings is 1. The second-order valence-electron chi connectivity index (χ2n) is 5.36. The average molecular weight is 290 g/mol. The lowest BCUT2D eigenvalue weighted by Gasteiger charge is -2.21. The van der Waals surface area contributed by atoms with Gasteiger partial charge in [-0.15, -0.1) is 11.3 Å². The molecule has 0 aliphatic heterocycles. The highest BCUT2D eigenvalue weighted by atomic mass is 32.1. The Morgan fingerprint density at radius 3 is 3.15 bits per heavy atom. The van der Waals surface area contributed by atoms with E-state index < -0.39 is 0 Å². The minimum atomic E-state index is -0.342. The summed E-state index contributed by atoms with van der Waals surface area (Å²) >= 11 is 1.33. The van der Waals surface area contributed by atoms with Crippen LogP contribution in [0.4, 0.5) is 5.69 Å². The first-order valence-electron chi connectivity index (χ1n) is 6.97. The molecule has 4 nitrogen and oxygen atoms in total. The van der Waals surface area contributed by atoms with Crippen molar-refractivity contribution in [2.75, 3.05) is 12.3 Å². The van der Waals surface area contributed by atoms with E-state index in [4.69, 9.17) is 10.5 Å². The van der Waals surface area contributed by atoms with Gasteiger partial charge >= 0.3 is 5.97 Å². The Hall–Kier alpha value is -1.62. The van der Waals surface area contributed by atoms with E-state index in [1.807, 2.05) is 6.20 Å². The molecule has 0 saturated carbocycles. The van der Waals surface area contributed by atoms with Gasteiger partial charge in [0.2, 0.25) is 0 Å². The maximum Gasteiger partial charge on any atom is 0.350 e. The Labute approximate surface area is 122 Å². The van der Waals surface area contributed by atoms with Gasteiger partial charge in [-0.25, -0.2) is 9.78 Å². The maximum atomic E-state index is 11.9. The van der Waals surface area contributed by atoms with E-state index in [1.54, 1.807) is 6.92 Å². The van der Waals surface area contributed by atoms with Crippen molar-refractivity contribution in [3.8, 4) is 0 Å². The number of hydrogen-bond acceptors (Lipinski definition) is 5. The van der Waals surface area contributed by atoms with Crippen LogP contribution in [0.25, 0.3) is 10.2 Å². The number of nitrogen functional groups attached to an aromatic ring is 1. The second-order valence-corrected chi connectivity index (χ2v) is 6.35. The van der Waals surface area contributed by atoms with Crippen molar-refractivity contribution in [3.63, 3.8) is 0 Å². The zero-order valence-electron chi connectivity index (χ0n) is 11.7. The van der Waals surface area contributed by atoms with Gasteiger partial charge in [0.1, 0.15) is 9.71 Å². The van der Waals surface area contributed by atoms with Crippen LogP contribution in [0.1, 0.15) is 41.1 Å². The van der Waals surface area contributed by atoms with Gasteiger partial charge in [0.15, 0.2) is 0 Å². The van der Waals surface area contributed by atoms with E-state index in [9.17, 15) is 4.79 Å². The number of aryl methyl sites for hydroxylation is 1. The van der Waals surface area contributed by atoms with Crippen molar-refractivity contribution in [1.29, 1.82) is 0 Å². The molecule has 5 heteroatoms. The van der Waals surface area contributed by atoms with Gasteiger partial charge < -0.3 is 10.5 Å². The molecule has 106 valence electrons. The number of nitrogens with two attached hydrogens (primary N) is 1. The van der Waals surface area contributed by atoms with Crippen molar-refractivity contribution in [2.24, 2.45) is 5.92 Å². The number of esters is 1. The van der Waals surface area contributed by atoms with Crippen LogP contribution in [0.2, 0.25) is 0 Å². The van der Waals surface area contributed by atoms with Crippen LogP contribution in [0.3, 0.4) is 0 Å². The number of carbonyl (C=O) groups is 1. The van der Waals surface area contributed by atoms with E-state index in [0.717, 1.165) is 29.5 Å². The summed E-state index contributed by atoms with van der Waals surface area (Å²) in [5, 5.41) is 0.974. The first kappa shape index (κ1) is 13.4. The molecule has 0 radical (unpaired) electrons. The number of ether oxygens (including phenoxy) is 1. The molecule has 2 aromatic heterocycles. The van der Waals surface area contributed by atoms with E-state index in [2.05, 4.69) is 11.9 Å². The van der Waals surface area contributed by atoms with E-state index in [-0.39, 0.29) is 5.97 Å². The average Bonchev–Trinajstić information content (AvgIpc) is 2.76. The number of rotatable bonds is 2. The molecule has 0 amide bonds. The highest BCUT2D eigenvalue weighted by Gasteiger charge is 2.24.